The first-order valence-corrected chi connectivity index (χ1v) is 16.4. The zero-order chi connectivity index (χ0) is 28.7. The molecular formula is C37H54O3. The summed E-state index contributed by atoms with van der Waals surface area (Å²) >= 11 is 0. The lowest BCUT2D eigenvalue weighted by Crippen LogP contribution is -2.50. The molecule has 0 saturated heterocycles. The Bertz CT molecular complexity index is 1120. The number of benzene rings is 1. The summed E-state index contributed by atoms with van der Waals surface area (Å²) in [5.41, 5.74) is 3.77. The average Bonchev–Trinajstić information content (AvgIpc) is 3.28. The van der Waals surface area contributed by atoms with Crippen molar-refractivity contribution in [1.82, 2.24) is 0 Å². The van der Waals surface area contributed by atoms with Crippen LogP contribution < -0.4 is 4.74 Å². The topological polar surface area (TPSA) is 46.5 Å². The van der Waals surface area contributed by atoms with Gasteiger partial charge in [0.15, 0.2) is 0 Å². The minimum absolute atomic E-state index is 0.241. The monoisotopic (exact) mass is 546 g/mol. The molecule has 0 spiro atoms. The molecule has 5 rings (SSSR count). The van der Waals surface area contributed by atoms with Gasteiger partial charge in [-0.15, -0.1) is 0 Å². The minimum atomic E-state index is -0.836. The molecule has 4 aliphatic carbocycles. The third-order valence-corrected chi connectivity index (χ3v) is 12.4. The van der Waals surface area contributed by atoms with E-state index in [1.165, 1.54) is 57.8 Å². The van der Waals surface area contributed by atoms with Gasteiger partial charge in [0, 0.05) is 0 Å². The molecule has 3 saturated carbocycles. The molecule has 3 fully saturated rings. The Kier molecular flexibility index (Phi) is 8.61. The summed E-state index contributed by atoms with van der Waals surface area (Å²) < 4.78 is 5.80. The zero-order valence-corrected chi connectivity index (χ0v) is 25.9. The van der Waals surface area contributed by atoms with Crippen LogP contribution in [0.4, 0.5) is 0 Å². The van der Waals surface area contributed by atoms with Gasteiger partial charge in [0.25, 0.3) is 0 Å². The highest BCUT2D eigenvalue weighted by molar-refractivity contribution is 5.90. The molecule has 0 radical (unpaired) electrons. The first-order chi connectivity index (χ1) is 19.1. The molecule has 4 aliphatic rings. The molecule has 220 valence electrons. The fourth-order valence-corrected chi connectivity index (χ4v) is 10.3. The van der Waals surface area contributed by atoms with E-state index in [-0.39, 0.29) is 11.3 Å². The summed E-state index contributed by atoms with van der Waals surface area (Å²) in [5.74, 6) is 5.18. The summed E-state index contributed by atoms with van der Waals surface area (Å²) in [6.45, 7) is 16.7. The summed E-state index contributed by atoms with van der Waals surface area (Å²) in [5, 5.41) is 9.97. The highest BCUT2D eigenvalue weighted by atomic mass is 16.5. The first-order valence-electron chi connectivity index (χ1n) is 16.4. The Labute approximate surface area is 243 Å². The maximum atomic E-state index is 12.2. The van der Waals surface area contributed by atoms with E-state index < -0.39 is 5.97 Å². The van der Waals surface area contributed by atoms with Crippen LogP contribution in [0.2, 0.25) is 0 Å². The predicted molar refractivity (Wildman–Crippen MR) is 165 cm³/mol. The van der Waals surface area contributed by atoms with Gasteiger partial charge in [0.2, 0.25) is 0 Å². The van der Waals surface area contributed by atoms with Crippen LogP contribution in [-0.4, -0.2) is 17.7 Å². The number of carbonyl (C=O) groups is 1. The second kappa shape index (κ2) is 11.7. The number of rotatable bonds is 10. The Morgan fingerprint density at radius 2 is 1.90 bits per heavy atom. The predicted octanol–water partition coefficient (Wildman–Crippen LogP) is 10.1. The van der Waals surface area contributed by atoms with Crippen molar-refractivity contribution in [2.75, 3.05) is 6.61 Å². The lowest BCUT2D eigenvalue weighted by Gasteiger charge is -2.58. The highest BCUT2D eigenvalue weighted by Crippen LogP contribution is 2.68. The molecule has 0 heterocycles. The molecule has 1 aromatic carbocycles. The fourth-order valence-electron chi connectivity index (χ4n) is 10.3. The van der Waals surface area contributed by atoms with Crippen molar-refractivity contribution >= 4 is 5.97 Å². The molecule has 1 aromatic rings. The van der Waals surface area contributed by atoms with Gasteiger partial charge in [-0.1, -0.05) is 78.2 Å². The zero-order valence-electron chi connectivity index (χ0n) is 25.9. The van der Waals surface area contributed by atoms with E-state index in [9.17, 15) is 9.90 Å². The number of carboxylic acids is 1. The van der Waals surface area contributed by atoms with Crippen molar-refractivity contribution < 1.29 is 14.6 Å². The van der Waals surface area contributed by atoms with E-state index in [1.807, 2.05) is 6.07 Å². The van der Waals surface area contributed by atoms with Crippen molar-refractivity contribution in [3.8, 4) is 5.75 Å². The van der Waals surface area contributed by atoms with E-state index in [4.69, 9.17) is 4.74 Å². The fraction of sp³-hybridized carbons (Fsp3) is 0.703. The number of allylic oxidation sites excluding steroid dienone is 2. The van der Waals surface area contributed by atoms with Gasteiger partial charge in [0.1, 0.15) is 12.4 Å². The van der Waals surface area contributed by atoms with Gasteiger partial charge in [0.05, 0.1) is 5.56 Å². The average molecular weight is 547 g/mol. The molecule has 40 heavy (non-hydrogen) atoms. The number of aromatic carboxylic acids is 1. The van der Waals surface area contributed by atoms with E-state index >= 15 is 0 Å². The lowest BCUT2D eigenvalue weighted by molar-refractivity contribution is -0.0510. The van der Waals surface area contributed by atoms with Gasteiger partial charge < -0.3 is 9.84 Å². The van der Waals surface area contributed by atoms with Gasteiger partial charge in [-0.25, -0.2) is 4.79 Å². The van der Waals surface area contributed by atoms with Crippen molar-refractivity contribution in [2.45, 2.75) is 111 Å². The van der Waals surface area contributed by atoms with Crippen LogP contribution >= 0.6 is 0 Å². The Hall–Kier alpha value is -2.03. The van der Waals surface area contributed by atoms with Crippen LogP contribution in [0.1, 0.15) is 127 Å². The summed E-state index contributed by atoms with van der Waals surface area (Å²) in [6.07, 6.45) is 18.6. The number of ether oxygens (including phenoxy) is 1. The molecule has 3 nitrogen and oxygen atoms in total. The van der Waals surface area contributed by atoms with Gasteiger partial charge in [-0.2, -0.15) is 0 Å². The second-order valence-electron chi connectivity index (χ2n) is 14.9. The molecule has 0 aromatic heterocycles. The quantitative estimate of drug-likeness (QED) is 0.297. The van der Waals surface area contributed by atoms with E-state index in [1.54, 1.807) is 23.8 Å². The maximum Gasteiger partial charge on any atom is 0.335 e. The number of hydrogen-bond acceptors (Lipinski definition) is 2. The standard InChI is InChI=1S/C37H54O3/c1-7-21-40-28-12-14-29(35(38)39)31(23-28)26-17-19-36(5)27(22-26)11-13-30-33-16-15-32(25(4)10-8-9-24(2)3)37(33,6)20-18-34(30)36/h7,11-12,14,23-26,30,32-34H,1,8-10,13,15-22H2,2-6H3,(H,38,39)/t25-,26+,30+,32-,33+,34+,36+,37-/m1/s1. The second-order valence-corrected chi connectivity index (χ2v) is 14.9. The Balaban J connectivity index is 1.33. The molecule has 0 amide bonds. The summed E-state index contributed by atoms with van der Waals surface area (Å²) in [4.78, 5) is 12.2. The first kappa shape index (κ1) is 29.5. The summed E-state index contributed by atoms with van der Waals surface area (Å²) in [7, 11) is 0. The molecule has 3 heteroatoms. The van der Waals surface area contributed by atoms with Gasteiger partial charge >= 0.3 is 5.97 Å². The van der Waals surface area contributed by atoms with Crippen molar-refractivity contribution in [2.24, 2.45) is 46.3 Å². The summed E-state index contributed by atoms with van der Waals surface area (Å²) in [6, 6.07) is 5.50. The minimum Gasteiger partial charge on any atom is -0.490 e. The third kappa shape index (κ3) is 5.32. The Morgan fingerprint density at radius 1 is 1.10 bits per heavy atom. The molecule has 0 aliphatic heterocycles. The lowest BCUT2D eigenvalue weighted by atomic mass is 9.46. The number of hydrogen-bond donors (Lipinski definition) is 1. The van der Waals surface area contributed by atoms with Crippen molar-refractivity contribution in [3.05, 3.63) is 53.6 Å². The SMILES string of the molecule is C=CCOc1ccc(C(=O)O)c([C@H]2CC[C@@]3(C)C(=CC[C@H]4[C@@H]5CC[C@H]([C@H](C)CCCC(C)C)[C@@]5(C)CC[C@@H]43)C2)c1. The van der Waals surface area contributed by atoms with Gasteiger partial charge in [-0.3, -0.25) is 0 Å². The number of fused-ring (bicyclic) bond motifs is 5. The number of carboxylic acid groups (broad SMARTS) is 1. The third-order valence-electron chi connectivity index (χ3n) is 12.4. The van der Waals surface area contributed by atoms with Crippen molar-refractivity contribution in [1.29, 1.82) is 0 Å². The van der Waals surface area contributed by atoms with Crippen LogP contribution in [0.15, 0.2) is 42.5 Å². The van der Waals surface area contributed by atoms with E-state index in [2.05, 4.69) is 47.3 Å². The molecule has 8 atom stereocenters. The Morgan fingerprint density at radius 3 is 2.62 bits per heavy atom. The molecular weight excluding hydrogens is 492 g/mol. The van der Waals surface area contributed by atoms with Crippen LogP contribution in [0.3, 0.4) is 0 Å². The molecule has 1 N–H and O–H groups in total. The maximum absolute atomic E-state index is 12.2. The largest absolute Gasteiger partial charge is 0.490 e. The van der Waals surface area contributed by atoms with Gasteiger partial charge in [-0.05, 0) is 127 Å². The smallest absolute Gasteiger partial charge is 0.335 e. The van der Waals surface area contributed by atoms with Crippen LogP contribution in [-0.2, 0) is 0 Å². The molecule has 0 bridgehead atoms. The normalized spacial score (nSPS) is 35.8. The van der Waals surface area contributed by atoms with E-state index in [0.29, 0.717) is 17.6 Å². The van der Waals surface area contributed by atoms with Crippen molar-refractivity contribution in [3.63, 3.8) is 0 Å². The highest BCUT2D eigenvalue weighted by Gasteiger charge is 2.59. The van der Waals surface area contributed by atoms with Crippen LogP contribution in [0.5, 0.6) is 5.75 Å². The molecule has 0 unspecified atom stereocenters. The van der Waals surface area contributed by atoms with E-state index in [0.717, 1.165) is 59.7 Å². The van der Waals surface area contributed by atoms with Crippen LogP contribution in [0.25, 0.3) is 0 Å². The van der Waals surface area contributed by atoms with Crippen LogP contribution in [0, 0.1) is 46.3 Å².